The lowest BCUT2D eigenvalue weighted by atomic mass is 10.1. The van der Waals surface area contributed by atoms with E-state index in [9.17, 15) is 0 Å². The maximum atomic E-state index is 6.22. The first-order valence-electron chi connectivity index (χ1n) is 5.88. The van der Waals surface area contributed by atoms with Crippen molar-refractivity contribution in [1.82, 2.24) is 0 Å². The van der Waals surface area contributed by atoms with E-state index in [4.69, 9.17) is 40.5 Å². The van der Waals surface area contributed by atoms with Gasteiger partial charge in [-0.3, -0.25) is 0 Å². The van der Waals surface area contributed by atoms with Crippen LogP contribution in [0.25, 0.3) is 0 Å². The maximum absolute atomic E-state index is 6.22. The molecular weight excluding hydrogens is 382 g/mol. The minimum atomic E-state index is -0.104. The van der Waals surface area contributed by atoms with Crippen LogP contribution in [0.3, 0.4) is 0 Å². The van der Waals surface area contributed by atoms with Crippen LogP contribution < -0.4 is 11.1 Å². The molecule has 0 aromatic heterocycles. The Balaban J connectivity index is 2.26. The van der Waals surface area contributed by atoms with Crippen LogP contribution in [-0.4, -0.2) is 6.54 Å². The van der Waals surface area contributed by atoms with E-state index in [0.29, 0.717) is 21.6 Å². The fourth-order valence-electron chi connectivity index (χ4n) is 1.83. The van der Waals surface area contributed by atoms with Crippen LogP contribution in [0.4, 0.5) is 5.69 Å². The quantitative estimate of drug-likeness (QED) is 0.716. The summed E-state index contributed by atoms with van der Waals surface area (Å²) in [5.41, 5.74) is 7.65. The van der Waals surface area contributed by atoms with Crippen molar-refractivity contribution >= 4 is 56.4 Å². The van der Waals surface area contributed by atoms with Crippen molar-refractivity contribution in [2.24, 2.45) is 5.73 Å². The first kappa shape index (κ1) is 15.9. The summed E-state index contributed by atoms with van der Waals surface area (Å²) in [6.07, 6.45) is 0. The van der Waals surface area contributed by atoms with Gasteiger partial charge in [-0.15, -0.1) is 0 Å². The lowest BCUT2D eigenvalue weighted by molar-refractivity contribution is 0.790. The van der Waals surface area contributed by atoms with Crippen molar-refractivity contribution in [2.75, 3.05) is 11.9 Å². The van der Waals surface area contributed by atoms with E-state index in [1.807, 2.05) is 24.3 Å². The number of rotatable bonds is 4. The molecule has 0 aliphatic heterocycles. The SMILES string of the molecule is NCC(Nc1ccc(Cl)c(Br)c1)c1ccc(Cl)cc1Cl. The fraction of sp³-hybridized carbons (Fsp3) is 0.143. The molecule has 2 nitrogen and oxygen atoms in total. The molecule has 20 heavy (non-hydrogen) atoms. The number of halogens is 4. The van der Waals surface area contributed by atoms with Crippen LogP contribution in [0.15, 0.2) is 40.9 Å². The Bertz CT molecular complexity index is 619. The minimum Gasteiger partial charge on any atom is -0.377 e. The van der Waals surface area contributed by atoms with Gasteiger partial charge in [0, 0.05) is 26.8 Å². The fourth-order valence-corrected chi connectivity index (χ4v) is 2.87. The van der Waals surface area contributed by atoms with Crippen LogP contribution in [0.5, 0.6) is 0 Å². The predicted octanol–water partition coefficient (Wildman–Crippen LogP) is 5.52. The Morgan fingerprint density at radius 3 is 2.40 bits per heavy atom. The van der Waals surface area contributed by atoms with Crippen molar-refractivity contribution in [1.29, 1.82) is 0 Å². The molecule has 3 N–H and O–H groups in total. The van der Waals surface area contributed by atoms with Gasteiger partial charge in [-0.1, -0.05) is 40.9 Å². The first-order chi connectivity index (χ1) is 9.51. The molecule has 106 valence electrons. The summed E-state index contributed by atoms with van der Waals surface area (Å²) in [5.74, 6) is 0. The van der Waals surface area contributed by atoms with Gasteiger partial charge < -0.3 is 11.1 Å². The zero-order valence-corrected chi connectivity index (χ0v) is 14.2. The van der Waals surface area contributed by atoms with Crippen LogP contribution in [0.2, 0.25) is 15.1 Å². The molecule has 1 unspecified atom stereocenters. The number of hydrogen-bond donors (Lipinski definition) is 2. The third-order valence-electron chi connectivity index (χ3n) is 2.83. The highest BCUT2D eigenvalue weighted by Crippen LogP contribution is 2.30. The minimum absolute atomic E-state index is 0.104. The average Bonchev–Trinajstić information content (AvgIpc) is 2.41. The Hall–Kier alpha value is -0.450. The third kappa shape index (κ3) is 3.80. The van der Waals surface area contributed by atoms with Crippen LogP contribution in [0.1, 0.15) is 11.6 Å². The summed E-state index contributed by atoms with van der Waals surface area (Å²) in [6.45, 7) is 0.404. The molecule has 1 atom stereocenters. The second-order valence-electron chi connectivity index (χ2n) is 4.23. The normalized spacial score (nSPS) is 12.2. The Morgan fingerprint density at radius 2 is 1.80 bits per heavy atom. The molecule has 2 aromatic carbocycles. The maximum Gasteiger partial charge on any atom is 0.0650 e. The van der Waals surface area contributed by atoms with E-state index in [1.165, 1.54) is 0 Å². The Labute approximate surface area is 141 Å². The number of nitrogens with one attached hydrogen (secondary N) is 1. The Kier molecular flexibility index (Phi) is 5.58. The molecule has 0 amide bonds. The van der Waals surface area contributed by atoms with Crippen LogP contribution >= 0.6 is 50.7 Å². The van der Waals surface area contributed by atoms with Crippen molar-refractivity contribution < 1.29 is 0 Å². The van der Waals surface area contributed by atoms with E-state index in [0.717, 1.165) is 15.7 Å². The molecular formula is C14H12BrCl3N2. The third-order valence-corrected chi connectivity index (χ3v) is 4.61. The highest BCUT2D eigenvalue weighted by molar-refractivity contribution is 9.10. The first-order valence-corrected chi connectivity index (χ1v) is 7.80. The van der Waals surface area contributed by atoms with Gasteiger partial charge >= 0.3 is 0 Å². The van der Waals surface area contributed by atoms with Gasteiger partial charge in [0.2, 0.25) is 0 Å². The van der Waals surface area contributed by atoms with Gasteiger partial charge in [0.1, 0.15) is 0 Å². The summed E-state index contributed by atoms with van der Waals surface area (Å²) in [6, 6.07) is 10.9. The summed E-state index contributed by atoms with van der Waals surface area (Å²) in [7, 11) is 0. The second kappa shape index (κ2) is 7.01. The average molecular weight is 395 g/mol. The molecule has 0 spiro atoms. The van der Waals surface area contributed by atoms with Crippen molar-refractivity contribution in [3.05, 3.63) is 61.5 Å². The van der Waals surface area contributed by atoms with E-state index < -0.39 is 0 Å². The predicted molar refractivity (Wildman–Crippen MR) is 91.0 cm³/mol. The largest absolute Gasteiger partial charge is 0.377 e. The summed E-state index contributed by atoms with van der Waals surface area (Å²) < 4.78 is 0.821. The molecule has 2 rings (SSSR count). The second-order valence-corrected chi connectivity index (χ2v) is 6.33. The molecule has 0 radical (unpaired) electrons. The number of anilines is 1. The molecule has 0 heterocycles. The standard InChI is InChI=1S/C14H12BrCl3N2/c15-11-6-9(2-4-12(11)17)20-14(7-19)10-3-1-8(16)5-13(10)18/h1-6,14,20H,7,19H2. The monoisotopic (exact) mass is 392 g/mol. The highest BCUT2D eigenvalue weighted by atomic mass is 79.9. The lowest BCUT2D eigenvalue weighted by Crippen LogP contribution is -2.21. The van der Waals surface area contributed by atoms with Gasteiger partial charge in [-0.2, -0.15) is 0 Å². The highest BCUT2D eigenvalue weighted by Gasteiger charge is 2.14. The Morgan fingerprint density at radius 1 is 1.05 bits per heavy atom. The molecule has 6 heteroatoms. The zero-order chi connectivity index (χ0) is 14.7. The molecule has 0 saturated carbocycles. The molecule has 0 bridgehead atoms. The van der Waals surface area contributed by atoms with Crippen LogP contribution in [-0.2, 0) is 0 Å². The smallest absolute Gasteiger partial charge is 0.0650 e. The van der Waals surface area contributed by atoms with Gasteiger partial charge in [-0.05, 0) is 51.8 Å². The molecule has 0 aliphatic rings. The van der Waals surface area contributed by atoms with Crippen LogP contribution in [0, 0.1) is 0 Å². The lowest BCUT2D eigenvalue weighted by Gasteiger charge is -2.20. The number of hydrogen-bond acceptors (Lipinski definition) is 2. The van der Waals surface area contributed by atoms with Gasteiger partial charge in [0.15, 0.2) is 0 Å². The summed E-state index contributed by atoms with van der Waals surface area (Å²) in [5, 5.41) is 5.18. The molecule has 0 aliphatic carbocycles. The molecule has 0 fully saturated rings. The molecule has 2 aromatic rings. The molecule has 0 saturated heterocycles. The van der Waals surface area contributed by atoms with Crippen molar-refractivity contribution in [3.8, 4) is 0 Å². The van der Waals surface area contributed by atoms with E-state index >= 15 is 0 Å². The van der Waals surface area contributed by atoms with Gasteiger partial charge in [-0.25, -0.2) is 0 Å². The topological polar surface area (TPSA) is 38.0 Å². The summed E-state index contributed by atoms with van der Waals surface area (Å²) >= 11 is 21.5. The summed E-state index contributed by atoms with van der Waals surface area (Å²) in [4.78, 5) is 0. The van der Waals surface area contributed by atoms with Crippen molar-refractivity contribution in [2.45, 2.75) is 6.04 Å². The van der Waals surface area contributed by atoms with E-state index in [2.05, 4.69) is 21.2 Å². The van der Waals surface area contributed by atoms with Gasteiger partial charge in [0.25, 0.3) is 0 Å². The van der Waals surface area contributed by atoms with Crippen molar-refractivity contribution in [3.63, 3.8) is 0 Å². The number of nitrogens with two attached hydrogens (primary N) is 1. The van der Waals surface area contributed by atoms with E-state index in [1.54, 1.807) is 12.1 Å². The number of benzene rings is 2. The van der Waals surface area contributed by atoms with E-state index in [-0.39, 0.29) is 6.04 Å². The zero-order valence-electron chi connectivity index (χ0n) is 10.3. The van der Waals surface area contributed by atoms with Gasteiger partial charge in [0.05, 0.1) is 11.1 Å².